The molecular formula is C14H18FN3. The molecule has 0 aliphatic rings. The zero-order chi connectivity index (χ0) is 13.0. The Hall–Kier alpha value is -1.68. The monoisotopic (exact) mass is 247 g/mol. The summed E-state index contributed by atoms with van der Waals surface area (Å²) in [5.74, 6) is 0.651. The van der Waals surface area contributed by atoms with Gasteiger partial charge in [0.1, 0.15) is 11.6 Å². The van der Waals surface area contributed by atoms with Gasteiger partial charge in [-0.15, -0.1) is 0 Å². The number of rotatable bonds is 5. The molecule has 3 nitrogen and oxygen atoms in total. The van der Waals surface area contributed by atoms with Crippen LogP contribution in [0.2, 0.25) is 0 Å². The minimum Gasteiger partial charge on any atom is -0.334 e. The number of nitrogens with zero attached hydrogens (tertiary/aromatic N) is 2. The third kappa shape index (κ3) is 2.43. The van der Waals surface area contributed by atoms with Crippen molar-refractivity contribution < 1.29 is 4.39 Å². The molecule has 4 heteroatoms. The molecule has 0 bridgehead atoms. The molecule has 0 spiro atoms. The molecule has 2 aromatic rings. The van der Waals surface area contributed by atoms with Crippen molar-refractivity contribution in [3.05, 3.63) is 53.9 Å². The summed E-state index contributed by atoms with van der Waals surface area (Å²) in [5, 5.41) is 3.29. The second-order valence-corrected chi connectivity index (χ2v) is 4.08. The van der Waals surface area contributed by atoms with Crippen LogP contribution in [-0.4, -0.2) is 16.1 Å². The SMILES string of the molecule is CCNC(c1ccccc1F)c1nccn1CC. The molecule has 1 heterocycles. The lowest BCUT2D eigenvalue weighted by Crippen LogP contribution is -2.26. The molecule has 0 amide bonds. The Morgan fingerprint density at radius 3 is 2.78 bits per heavy atom. The molecule has 0 radical (unpaired) electrons. The van der Waals surface area contributed by atoms with Gasteiger partial charge in [-0.05, 0) is 19.5 Å². The Morgan fingerprint density at radius 2 is 2.11 bits per heavy atom. The predicted molar refractivity (Wildman–Crippen MR) is 69.8 cm³/mol. The topological polar surface area (TPSA) is 29.9 Å². The van der Waals surface area contributed by atoms with E-state index in [4.69, 9.17) is 0 Å². The predicted octanol–water partition coefficient (Wildman–Crippen LogP) is 2.74. The van der Waals surface area contributed by atoms with Gasteiger partial charge in [-0.2, -0.15) is 0 Å². The highest BCUT2D eigenvalue weighted by atomic mass is 19.1. The molecule has 1 aromatic heterocycles. The Labute approximate surface area is 107 Å². The van der Waals surface area contributed by atoms with Gasteiger partial charge in [0.2, 0.25) is 0 Å². The Kier molecular flexibility index (Phi) is 4.10. The molecule has 18 heavy (non-hydrogen) atoms. The van der Waals surface area contributed by atoms with Crippen molar-refractivity contribution in [3.63, 3.8) is 0 Å². The number of halogens is 1. The van der Waals surface area contributed by atoms with E-state index in [1.54, 1.807) is 18.3 Å². The van der Waals surface area contributed by atoms with Crippen LogP contribution in [-0.2, 0) is 6.54 Å². The third-order valence-electron chi connectivity index (χ3n) is 2.97. The third-order valence-corrected chi connectivity index (χ3v) is 2.97. The lowest BCUT2D eigenvalue weighted by atomic mass is 10.1. The average Bonchev–Trinajstić information content (AvgIpc) is 2.85. The van der Waals surface area contributed by atoms with E-state index in [2.05, 4.69) is 17.2 Å². The maximum atomic E-state index is 13.9. The summed E-state index contributed by atoms with van der Waals surface area (Å²) in [6.45, 7) is 5.64. The average molecular weight is 247 g/mol. The molecule has 0 saturated heterocycles. The Bertz CT molecular complexity index is 507. The fraction of sp³-hybridized carbons (Fsp3) is 0.357. The summed E-state index contributed by atoms with van der Waals surface area (Å²) >= 11 is 0. The number of benzene rings is 1. The van der Waals surface area contributed by atoms with E-state index < -0.39 is 0 Å². The Morgan fingerprint density at radius 1 is 1.33 bits per heavy atom. The largest absolute Gasteiger partial charge is 0.334 e. The summed E-state index contributed by atoms with van der Waals surface area (Å²) < 4.78 is 15.9. The number of aromatic nitrogens is 2. The Balaban J connectivity index is 2.43. The van der Waals surface area contributed by atoms with Gasteiger partial charge in [-0.1, -0.05) is 25.1 Å². The lowest BCUT2D eigenvalue weighted by molar-refractivity contribution is 0.523. The molecule has 2 rings (SSSR count). The summed E-state index contributed by atoms with van der Waals surface area (Å²) in [7, 11) is 0. The van der Waals surface area contributed by atoms with Crippen molar-refractivity contribution in [2.24, 2.45) is 0 Å². The maximum Gasteiger partial charge on any atom is 0.130 e. The van der Waals surface area contributed by atoms with Gasteiger partial charge in [-0.25, -0.2) is 9.37 Å². The van der Waals surface area contributed by atoms with Crippen LogP contribution < -0.4 is 5.32 Å². The van der Waals surface area contributed by atoms with Gasteiger partial charge in [0, 0.05) is 24.5 Å². The molecular weight excluding hydrogens is 229 g/mol. The summed E-state index contributed by atoms with van der Waals surface area (Å²) in [6.07, 6.45) is 3.67. The van der Waals surface area contributed by atoms with Crippen LogP contribution >= 0.6 is 0 Å². The van der Waals surface area contributed by atoms with Gasteiger partial charge < -0.3 is 9.88 Å². The first-order valence-electron chi connectivity index (χ1n) is 6.26. The minimum absolute atomic E-state index is 0.200. The van der Waals surface area contributed by atoms with Crippen molar-refractivity contribution in [2.45, 2.75) is 26.4 Å². The van der Waals surface area contributed by atoms with Crippen molar-refractivity contribution in [1.82, 2.24) is 14.9 Å². The van der Waals surface area contributed by atoms with E-state index in [0.29, 0.717) is 5.56 Å². The van der Waals surface area contributed by atoms with Crippen LogP contribution in [0.15, 0.2) is 36.7 Å². The van der Waals surface area contributed by atoms with Crippen molar-refractivity contribution >= 4 is 0 Å². The van der Waals surface area contributed by atoms with Crippen molar-refractivity contribution in [3.8, 4) is 0 Å². The molecule has 1 unspecified atom stereocenters. The quantitative estimate of drug-likeness (QED) is 0.880. The van der Waals surface area contributed by atoms with E-state index in [9.17, 15) is 4.39 Å². The van der Waals surface area contributed by atoms with E-state index in [1.165, 1.54) is 6.07 Å². The number of hydrogen-bond acceptors (Lipinski definition) is 2. The highest BCUT2D eigenvalue weighted by Gasteiger charge is 2.20. The number of aryl methyl sites for hydroxylation is 1. The van der Waals surface area contributed by atoms with Crippen molar-refractivity contribution in [1.29, 1.82) is 0 Å². The number of hydrogen-bond donors (Lipinski definition) is 1. The zero-order valence-corrected chi connectivity index (χ0v) is 10.7. The molecule has 96 valence electrons. The van der Waals surface area contributed by atoms with Crippen LogP contribution in [0.5, 0.6) is 0 Å². The highest BCUT2D eigenvalue weighted by molar-refractivity contribution is 5.27. The first-order chi connectivity index (χ1) is 8.77. The van der Waals surface area contributed by atoms with E-state index in [-0.39, 0.29) is 11.9 Å². The first kappa shape index (κ1) is 12.8. The zero-order valence-electron chi connectivity index (χ0n) is 10.7. The van der Waals surface area contributed by atoms with Crippen LogP contribution in [0.1, 0.15) is 31.3 Å². The van der Waals surface area contributed by atoms with Gasteiger partial charge in [0.05, 0.1) is 6.04 Å². The normalized spacial score (nSPS) is 12.6. The molecule has 1 aromatic carbocycles. The molecule has 0 aliphatic heterocycles. The van der Waals surface area contributed by atoms with Gasteiger partial charge in [0.25, 0.3) is 0 Å². The van der Waals surface area contributed by atoms with E-state index in [0.717, 1.165) is 18.9 Å². The van der Waals surface area contributed by atoms with Gasteiger partial charge in [-0.3, -0.25) is 0 Å². The van der Waals surface area contributed by atoms with Crippen LogP contribution in [0.3, 0.4) is 0 Å². The fourth-order valence-electron chi connectivity index (χ4n) is 2.10. The first-order valence-corrected chi connectivity index (χ1v) is 6.26. The molecule has 0 aliphatic carbocycles. The van der Waals surface area contributed by atoms with Crippen LogP contribution in [0.4, 0.5) is 4.39 Å². The summed E-state index contributed by atoms with van der Waals surface area (Å²) in [5.41, 5.74) is 0.639. The standard InChI is InChI=1S/C14H18FN3/c1-3-16-13(11-7-5-6-8-12(11)15)14-17-9-10-18(14)4-2/h5-10,13,16H,3-4H2,1-2H3. The number of nitrogens with one attached hydrogen (secondary N) is 1. The smallest absolute Gasteiger partial charge is 0.130 e. The van der Waals surface area contributed by atoms with Crippen LogP contribution in [0, 0.1) is 5.82 Å². The number of imidazole rings is 1. The second kappa shape index (κ2) is 5.78. The highest BCUT2D eigenvalue weighted by Crippen LogP contribution is 2.23. The lowest BCUT2D eigenvalue weighted by Gasteiger charge is -2.19. The van der Waals surface area contributed by atoms with Gasteiger partial charge >= 0.3 is 0 Å². The molecule has 1 atom stereocenters. The molecule has 0 saturated carbocycles. The van der Waals surface area contributed by atoms with Crippen LogP contribution in [0.25, 0.3) is 0 Å². The summed E-state index contributed by atoms with van der Waals surface area (Å²) in [4.78, 5) is 4.36. The van der Waals surface area contributed by atoms with E-state index >= 15 is 0 Å². The van der Waals surface area contributed by atoms with Gasteiger partial charge in [0.15, 0.2) is 0 Å². The summed E-state index contributed by atoms with van der Waals surface area (Å²) in [6, 6.07) is 6.64. The maximum absolute atomic E-state index is 13.9. The second-order valence-electron chi connectivity index (χ2n) is 4.08. The molecule has 0 fully saturated rings. The fourth-order valence-corrected chi connectivity index (χ4v) is 2.10. The molecule has 1 N–H and O–H groups in total. The van der Waals surface area contributed by atoms with Crippen molar-refractivity contribution in [2.75, 3.05) is 6.54 Å². The van der Waals surface area contributed by atoms with E-state index in [1.807, 2.05) is 23.8 Å². The minimum atomic E-state index is -0.203.